The maximum Gasteiger partial charge on any atom is 0.335 e. The molecule has 1 heterocycles. The molecule has 5 amide bonds. The van der Waals surface area contributed by atoms with Crippen LogP contribution in [-0.2, 0) is 14.4 Å². The van der Waals surface area contributed by atoms with E-state index < -0.39 is 23.8 Å². The van der Waals surface area contributed by atoms with Gasteiger partial charge in [0.25, 0.3) is 17.7 Å². The fraction of sp³-hybridized carbons (Fsp3) is 0.143. The summed E-state index contributed by atoms with van der Waals surface area (Å²) in [7, 11) is 1.49. The molecule has 1 saturated heterocycles. The van der Waals surface area contributed by atoms with Crippen LogP contribution in [0.15, 0.2) is 60.2 Å². The third-order valence-corrected chi connectivity index (χ3v) is 6.46. The largest absolute Gasteiger partial charge is 0.497 e. The van der Waals surface area contributed by atoms with Crippen LogP contribution < -0.4 is 25.0 Å². The predicted octanol–water partition coefficient (Wildman–Crippen LogP) is 5.30. The number of benzene rings is 3. The van der Waals surface area contributed by atoms with Crippen molar-refractivity contribution in [1.82, 2.24) is 5.32 Å². The lowest BCUT2D eigenvalue weighted by Crippen LogP contribution is -2.54. The first-order chi connectivity index (χ1) is 18.6. The Bertz CT molecular complexity index is 1500. The molecule has 0 aliphatic carbocycles. The molecule has 2 N–H and O–H groups in total. The van der Waals surface area contributed by atoms with Gasteiger partial charge in [0.1, 0.15) is 11.3 Å². The molecule has 0 atom stereocenters. The van der Waals surface area contributed by atoms with E-state index in [2.05, 4.69) is 10.6 Å². The van der Waals surface area contributed by atoms with Crippen molar-refractivity contribution >= 4 is 64.4 Å². The highest BCUT2D eigenvalue weighted by molar-refractivity contribution is 6.40. The molecule has 1 aliphatic rings. The van der Waals surface area contributed by atoms with Crippen molar-refractivity contribution in [2.45, 2.75) is 13.8 Å². The smallest absolute Gasteiger partial charge is 0.335 e. The summed E-state index contributed by atoms with van der Waals surface area (Å²) in [6.07, 6.45) is 1.26. The molecule has 1 aliphatic heterocycles. The van der Waals surface area contributed by atoms with Crippen molar-refractivity contribution in [2.24, 2.45) is 0 Å². The molecule has 0 aromatic heterocycles. The average Bonchev–Trinajstić information content (AvgIpc) is 2.88. The van der Waals surface area contributed by atoms with Gasteiger partial charge in [-0.3, -0.25) is 19.7 Å². The number of methoxy groups -OCH3 is 1. The van der Waals surface area contributed by atoms with E-state index in [-0.39, 0.29) is 33.7 Å². The van der Waals surface area contributed by atoms with E-state index >= 15 is 0 Å². The number of aryl methyl sites for hydroxylation is 2. The van der Waals surface area contributed by atoms with E-state index in [0.29, 0.717) is 17.0 Å². The second-order valence-electron chi connectivity index (χ2n) is 8.61. The third kappa shape index (κ3) is 6.22. The van der Waals surface area contributed by atoms with E-state index in [0.717, 1.165) is 16.0 Å². The number of rotatable bonds is 7. The summed E-state index contributed by atoms with van der Waals surface area (Å²) < 4.78 is 10.6. The Labute approximate surface area is 234 Å². The molecule has 3 aromatic carbocycles. The van der Waals surface area contributed by atoms with Crippen LogP contribution in [0.4, 0.5) is 16.2 Å². The van der Waals surface area contributed by atoms with Gasteiger partial charge in [-0.2, -0.15) is 0 Å². The Morgan fingerprint density at radius 1 is 0.974 bits per heavy atom. The number of anilines is 2. The highest BCUT2D eigenvalue weighted by Gasteiger charge is 2.36. The number of nitrogens with one attached hydrogen (secondary N) is 2. The highest BCUT2D eigenvalue weighted by Crippen LogP contribution is 2.35. The highest BCUT2D eigenvalue weighted by atomic mass is 35.5. The minimum atomic E-state index is -0.883. The fourth-order valence-corrected chi connectivity index (χ4v) is 4.36. The molecule has 9 nitrogen and oxygen atoms in total. The predicted molar refractivity (Wildman–Crippen MR) is 148 cm³/mol. The molecule has 0 unspecified atom stereocenters. The second kappa shape index (κ2) is 11.6. The van der Waals surface area contributed by atoms with Crippen molar-refractivity contribution in [3.05, 3.63) is 86.9 Å². The van der Waals surface area contributed by atoms with Crippen LogP contribution in [0.3, 0.4) is 0 Å². The number of amides is 5. The number of carbonyl (C=O) groups is 4. The maximum absolute atomic E-state index is 13.1. The van der Waals surface area contributed by atoms with Gasteiger partial charge in [-0.25, -0.2) is 9.69 Å². The summed E-state index contributed by atoms with van der Waals surface area (Å²) >= 11 is 12.7. The number of hydrogen-bond donors (Lipinski definition) is 2. The van der Waals surface area contributed by atoms with Crippen molar-refractivity contribution in [3.63, 3.8) is 0 Å². The standard InChI is InChI=1S/C28H23Cl2N3O6/c1-15-4-5-18(10-16(15)2)31-24(34)14-39-25-22(29)12-17(13-23(25)30)11-21-26(35)32-28(37)33(27(21)36)19-6-8-20(38-3)9-7-19/h4-13H,14H2,1-3H3,(H,31,34)(H,32,35,37)/b21-11+. The van der Waals surface area contributed by atoms with Crippen LogP contribution in [0.1, 0.15) is 16.7 Å². The van der Waals surface area contributed by atoms with Crippen LogP contribution in [0.5, 0.6) is 11.5 Å². The molecular weight excluding hydrogens is 545 g/mol. The number of urea groups is 1. The van der Waals surface area contributed by atoms with Crippen molar-refractivity contribution < 1.29 is 28.7 Å². The Balaban J connectivity index is 1.51. The SMILES string of the molecule is COc1ccc(N2C(=O)NC(=O)/C(=C\c3cc(Cl)c(OCC(=O)Nc4ccc(C)c(C)c4)c(Cl)c3)C2=O)cc1. The molecule has 3 aromatic rings. The topological polar surface area (TPSA) is 114 Å². The van der Waals surface area contributed by atoms with Crippen molar-refractivity contribution in [3.8, 4) is 11.5 Å². The normalized spacial score (nSPS) is 14.3. The minimum Gasteiger partial charge on any atom is -0.497 e. The first-order valence-corrected chi connectivity index (χ1v) is 12.4. The average molecular weight is 568 g/mol. The molecule has 0 saturated carbocycles. The zero-order valence-corrected chi connectivity index (χ0v) is 22.6. The van der Waals surface area contributed by atoms with E-state index in [4.69, 9.17) is 32.7 Å². The molecule has 0 spiro atoms. The van der Waals surface area contributed by atoms with Crippen LogP contribution in [0.25, 0.3) is 6.08 Å². The molecule has 0 radical (unpaired) electrons. The Hall–Kier alpha value is -4.34. The lowest BCUT2D eigenvalue weighted by Gasteiger charge is -2.26. The quantitative estimate of drug-likeness (QED) is 0.295. The number of carbonyl (C=O) groups excluding carboxylic acids is 4. The van der Waals surface area contributed by atoms with Crippen LogP contribution in [-0.4, -0.2) is 37.5 Å². The van der Waals surface area contributed by atoms with Gasteiger partial charge < -0.3 is 14.8 Å². The third-order valence-electron chi connectivity index (χ3n) is 5.90. The number of ether oxygens (including phenoxy) is 2. The zero-order valence-electron chi connectivity index (χ0n) is 21.1. The monoisotopic (exact) mass is 567 g/mol. The molecule has 39 heavy (non-hydrogen) atoms. The molecular formula is C28H23Cl2N3O6. The number of hydrogen-bond acceptors (Lipinski definition) is 6. The summed E-state index contributed by atoms with van der Waals surface area (Å²) in [4.78, 5) is 51.2. The van der Waals surface area contributed by atoms with Gasteiger partial charge in [-0.1, -0.05) is 29.3 Å². The maximum atomic E-state index is 13.1. The molecule has 11 heteroatoms. The van der Waals surface area contributed by atoms with Gasteiger partial charge in [-0.15, -0.1) is 0 Å². The fourth-order valence-electron chi connectivity index (χ4n) is 3.74. The van der Waals surface area contributed by atoms with Crippen LogP contribution in [0.2, 0.25) is 10.0 Å². The lowest BCUT2D eigenvalue weighted by atomic mass is 10.1. The van der Waals surface area contributed by atoms with Gasteiger partial charge >= 0.3 is 6.03 Å². The van der Waals surface area contributed by atoms with Gasteiger partial charge in [0.05, 0.1) is 22.8 Å². The minimum absolute atomic E-state index is 0.0556. The second-order valence-corrected chi connectivity index (χ2v) is 9.42. The van der Waals surface area contributed by atoms with Crippen molar-refractivity contribution in [1.29, 1.82) is 0 Å². The van der Waals surface area contributed by atoms with Crippen LogP contribution in [0, 0.1) is 13.8 Å². The summed E-state index contributed by atoms with van der Waals surface area (Å²) in [5.41, 5.74) is 3.01. The number of barbiturate groups is 1. The Morgan fingerprint density at radius 2 is 1.64 bits per heavy atom. The summed E-state index contributed by atoms with van der Waals surface area (Å²) in [5.74, 6) is -1.52. The molecule has 200 valence electrons. The van der Waals surface area contributed by atoms with E-state index in [9.17, 15) is 19.2 Å². The first kappa shape index (κ1) is 27.7. The summed E-state index contributed by atoms with van der Waals surface area (Å²) in [5, 5.41) is 5.00. The Kier molecular flexibility index (Phi) is 8.23. The number of imide groups is 2. The van der Waals surface area contributed by atoms with Gasteiger partial charge in [0.15, 0.2) is 12.4 Å². The molecule has 4 rings (SSSR count). The Morgan fingerprint density at radius 3 is 2.26 bits per heavy atom. The van der Waals surface area contributed by atoms with Gasteiger partial charge in [-0.05, 0) is 85.1 Å². The van der Waals surface area contributed by atoms with E-state index in [1.54, 1.807) is 18.2 Å². The summed E-state index contributed by atoms with van der Waals surface area (Å²) in [6, 6.07) is 13.7. The van der Waals surface area contributed by atoms with Gasteiger partial charge in [0, 0.05) is 5.69 Å². The summed E-state index contributed by atoms with van der Waals surface area (Å²) in [6.45, 7) is 3.56. The van der Waals surface area contributed by atoms with E-state index in [1.807, 2.05) is 26.0 Å². The molecule has 1 fully saturated rings. The zero-order chi connectivity index (χ0) is 28.3. The first-order valence-electron chi connectivity index (χ1n) is 11.6. The lowest BCUT2D eigenvalue weighted by molar-refractivity contribution is -0.122. The van der Waals surface area contributed by atoms with Crippen LogP contribution >= 0.6 is 23.2 Å². The van der Waals surface area contributed by atoms with E-state index in [1.165, 1.54) is 37.5 Å². The van der Waals surface area contributed by atoms with Gasteiger partial charge in [0.2, 0.25) is 0 Å². The van der Waals surface area contributed by atoms with Crippen molar-refractivity contribution in [2.75, 3.05) is 23.9 Å². The number of halogens is 2. The number of nitrogens with zero attached hydrogens (tertiary/aromatic N) is 1. The molecule has 0 bridgehead atoms.